The van der Waals surface area contributed by atoms with E-state index in [1.807, 2.05) is 32.3 Å². The summed E-state index contributed by atoms with van der Waals surface area (Å²) < 4.78 is 0. The van der Waals surface area contributed by atoms with Gasteiger partial charge in [-0.3, -0.25) is 4.79 Å². The Morgan fingerprint density at radius 3 is 1.47 bits per heavy atom. The largest absolute Gasteiger partial charge is 0.478 e. The molecule has 5 amide bonds. The average molecular weight is 805 g/mol. The first kappa shape index (κ1) is 48.4. The molecule has 0 bridgehead atoms. The summed E-state index contributed by atoms with van der Waals surface area (Å²) in [7, 11) is 8.22. The van der Waals surface area contributed by atoms with E-state index in [2.05, 4.69) is 50.5 Å². The number of rotatable bonds is 17. The van der Waals surface area contributed by atoms with Crippen LogP contribution in [0.2, 0.25) is 0 Å². The van der Waals surface area contributed by atoms with E-state index in [0.717, 1.165) is 44.5 Å². The van der Waals surface area contributed by atoms with Gasteiger partial charge in [-0.1, -0.05) is 24.3 Å². The van der Waals surface area contributed by atoms with E-state index < -0.39 is 12.0 Å². The monoisotopic (exact) mass is 804 g/mol. The highest BCUT2D eigenvalue weighted by atomic mass is 16.4. The summed E-state index contributed by atoms with van der Waals surface area (Å²) in [5.41, 5.74) is 9.77. The Hall–Kier alpha value is -6.78. The van der Waals surface area contributed by atoms with Gasteiger partial charge in [0.1, 0.15) is 0 Å². The molecule has 4 aromatic carbocycles. The molecule has 312 valence electrons. The molecule has 59 heavy (non-hydrogen) atoms. The van der Waals surface area contributed by atoms with E-state index in [0.29, 0.717) is 46.7 Å². The van der Waals surface area contributed by atoms with Gasteiger partial charge in [-0.15, -0.1) is 0 Å². The summed E-state index contributed by atoms with van der Waals surface area (Å²) in [5.74, 6) is -1.12. The number of amides is 5. The van der Waals surface area contributed by atoms with Crippen LogP contribution in [0, 0.1) is 22.7 Å². The highest BCUT2D eigenvalue weighted by molar-refractivity contribution is 5.94. The Morgan fingerprint density at radius 1 is 0.610 bits per heavy atom. The second-order valence-electron chi connectivity index (χ2n) is 13.8. The Kier molecular flexibility index (Phi) is 22.8. The van der Waals surface area contributed by atoms with Gasteiger partial charge in [0, 0.05) is 36.6 Å². The number of nitriles is 2. The van der Waals surface area contributed by atoms with Gasteiger partial charge in [-0.2, -0.15) is 10.5 Å². The van der Waals surface area contributed by atoms with E-state index in [9.17, 15) is 19.2 Å². The normalized spacial score (nSPS) is 10.1. The van der Waals surface area contributed by atoms with Crippen molar-refractivity contribution in [2.45, 2.75) is 38.8 Å². The third-order valence-corrected chi connectivity index (χ3v) is 8.19. The number of carboxylic acids is 1. The molecular formula is C44H56N10O5. The maximum Gasteiger partial charge on any atom is 0.335 e. The van der Waals surface area contributed by atoms with E-state index in [1.165, 1.54) is 18.6 Å². The highest BCUT2D eigenvalue weighted by Gasteiger charge is 2.08. The third-order valence-electron chi connectivity index (χ3n) is 8.19. The molecule has 0 aliphatic carbocycles. The van der Waals surface area contributed by atoms with Crippen molar-refractivity contribution in [2.75, 3.05) is 65.0 Å². The fourth-order valence-electron chi connectivity index (χ4n) is 5.04. The van der Waals surface area contributed by atoms with Crippen LogP contribution in [0.15, 0.2) is 97.1 Å². The molecule has 4 aromatic rings. The van der Waals surface area contributed by atoms with Crippen LogP contribution in [0.3, 0.4) is 0 Å². The molecule has 0 saturated heterocycles. The number of nitrogens with one attached hydrogen (secondary N) is 5. The quantitative estimate of drug-likeness (QED) is 0.0633. The van der Waals surface area contributed by atoms with E-state index in [-0.39, 0.29) is 24.0 Å². The van der Waals surface area contributed by atoms with Gasteiger partial charge < -0.3 is 47.2 Å². The van der Waals surface area contributed by atoms with Gasteiger partial charge in [-0.05, 0) is 157 Å². The lowest BCUT2D eigenvalue weighted by atomic mass is 10.1. The number of carbonyl (C=O) groups excluding carboxylic acids is 3. The SMILES string of the molecule is CN(C)CCCCN.CN(C)CCCCNC(=O)c1cccc(CNC(=O)Nc2ccc(C#N)cc2)c1.N#Cc1ccc(NC(=O)NCc2cccc(C(=O)O)c2)cc1. The number of hydrogen-bond acceptors (Lipinski definition) is 9. The molecule has 0 aromatic heterocycles. The molecule has 0 fully saturated rings. The summed E-state index contributed by atoms with van der Waals surface area (Å²) in [6, 6.07) is 29.9. The number of anilines is 2. The molecule has 0 saturated carbocycles. The molecule has 15 heteroatoms. The van der Waals surface area contributed by atoms with Gasteiger partial charge >= 0.3 is 18.0 Å². The Morgan fingerprint density at radius 2 is 1.05 bits per heavy atom. The Bertz CT molecular complexity index is 1990. The number of hydrogen-bond donors (Lipinski definition) is 7. The first-order valence-corrected chi connectivity index (χ1v) is 19.1. The van der Waals surface area contributed by atoms with Crippen LogP contribution in [0.4, 0.5) is 21.0 Å². The minimum absolute atomic E-state index is 0.112. The summed E-state index contributed by atoms with van der Waals surface area (Å²) in [6.07, 6.45) is 4.34. The number of urea groups is 2. The minimum atomic E-state index is -1.01. The van der Waals surface area contributed by atoms with Crippen molar-refractivity contribution >= 4 is 35.3 Å². The second kappa shape index (κ2) is 27.8. The number of benzene rings is 4. The van der Waals surface area contributed by atoms with Gasteiger partial charge in [0.25, 0.3) is 5.91 Å². The first-order chi connectivity index (χ1) is 28.3. The maximum absolute atomic E-state index is 12.3. The third kappa shape index (κ3) is 21.4. The lowest BCUT2D eigenvalue weighted by molar-refractivity contribution is 0.0696. The second-order valence-corrected chi connectivity index (χ2v) is 13.8. The average Bonchev–Trinajstić information content (AvgIpc) is 3.23. The highest BCUT2D eigenvalue weighted by Crippen LogP contribution is 2.11. The van der Waals surface area contributed by atoms with Crippen molar-refractivity contribution in [1.82, 2.24) is 25.8 Å². The molecule has 8 N–H and O–H groups in total. The maximum atomic E-state index is 12.3. The van der Waals surface area contributed by atoms with E-state index in [1.54, 1.807) is 78.9 Å². The summed E-state index contributed by atoms with van der Waals surface area (Å²) in [6.45, 7) is 4.14. The summed E-state index contributed by atoms with van der Waals surface area (Å²) >= 11 is 0. The van der Waals surface area contributed by atoms with Crippen LogP contribution in [-0.4, -0.2) is 93.2 Å². The predicted octanol–water partition coefficient (Wildman–Crippen LogP) is 5.82. The van der Waals surface area contributed by atoms with Gasteiger partial charge in [-0.25, -0.2) is 14.4 Å². The number of nitrogens with zero attached hydrogens (tertiary/aromatic N) is 4. The molecule has 0 atom stereocenters. The van der Waals surface area contributed by atoms with Gasteiger partial charge in [0.05, 0.1) is 28.8 Å². The molecular weight excluding hydrogens is 749 g/mol. The fraction of sp³-hybridized carbons (Fsp3) is 0.318. The van der Waals surface area contributed by atoms with Crippen molar-refractivity contribution in [1.29, 1.82) is 10.5 Å². The van der Waals surface area contributed by atoms with Crippen LogP contribution in [0.25, 0.3) is 0 Å². The van der Waals surface area contributed by atoms with Crippen LogP contribution >= 0.6 is 0 Å². The lowest BCUT2D eigenvalue weighted by Crippen LogP contribution is -2.28. The zero-order valence-corrected chi connectivity index (χ0v) is 34.3. The summed E-state index contributed by atoms with van der Waals surface area (Å²) in [4.78, 5) is 51.2. The van der Waals surface area contributed by atoms with Crippen LogP contribution in [0.1, 0.15) is 68.7 Å². The number of aromatic carboxylic acids is 1. The summed E-state index contributed by atoms with van der Waals surface area (Å²) in [5, 5.41) is 40.0. The van der Waals surface area contributed by atoms with Crippen LogP contribution in [-0.2, 0) is 13.1 Å². The van der Waals surface area contributed by atoms with Crippen LogP contribution in [0.5, 0.6) is 0 Å². The van der Waals surface area contributed by atoms with Crippen molar-refractivity contribution in [3.8, 4) is 12.1 Å². The number of carboxylic acid groups (broad SMARTS) is 1. The zero-order valence-electron chi connectivity index (χ0n) is 34.3. The molecule has 0 spiro atoms. The van der Waals surface area contributed by atoms with Crippen LogP contribution < -0.4 is 32.3 Å². The predicted molar refractivity (Wildman–Crippen MR) is 231 cm³/mol. The molecule has 0 unspecified atom stereocenters. The molecule has 0 heterocycles. The zero-order chi connectivity index (χ0) is 43.4. The van der Waals surface area contributed by atoms with E-state index >= 15 is 0 Å². The standard InChI is InChI=1S/C22H27N5O2.C16H13N3O3.C6H16N2/c1-27(2)13-4-3-12-24-21(28)19-7-5-6-18(14-19)16-25-22(29)26-20-10-8-17(15-23)9-11-20;17-9-11-4-6-14(7-5-11)19-16(22)18-10-12-2-1-3-13(8-12)15(20)21;1-8(2)6-4-3-5-7/h5-11,14H,3-4,12-13,16H2,1-2H3,(H,24,28)(H2,25,26,29);1-8H,10H2,(H,20,21)(H2,18,19,22);3-7H2,1-2H3. The van der Waals surface area contributed by atoms with Crippen molar-refractivity contribution in [3.05, 3.63) is 130 Å². The minimum Gasteiger partial charge on any atom is -0.478 e. The number of unbranched alkanes of at least 4 members (excludes halogenated alkanes) is 2. The van der Waals surface area contributed by atoms with Gasteiger partial charge in [0.2, 0.25) is 0 Å². The number of carbonyl (C=O) groups is 4. The van der Waals surface area contributed by atoms with Crippen molar-refractivity contribution in [3.63, 3.8) is 0 Å². The van der Waals surface area contributed by atoms with Crippen molar-refractivity contribution < 1.29 is 24.3 Å². The van der Waals surface area contributed by atoms with E-state index in [4.69, 9.17) is 21.4 Å². The molecule has 4 rings (SSSR count). The fourth-order valence-corrected chi connectivity index (χ4v) is 5.04. The van der Waals surface area contributed by atoms with Gasteiger partial charge in [0.15, 0.2) is 0 Å². The molecule has 0 aliphatic heterocycles. The lowest BCUT2D eigenvalue weighted by Gasteiger charge is -2.10. The molecule has 0 aliphatic rings. The number of nitrogens with two attached hydrogens (primary N) is 1. The van der Waals surface area contributed by atoms with Crippen molar-refractivity contribution in [2.24, 2.45) is 5.73 Å². The Balaban J connectivity index is 0.000000352. The molecule has 0 radical (unpaired) electrons. The smallest absolute Gasteiger partial charge is 0.335 e. The molecule has 15 nitrogen and oxygen atoms in total. The topological polar surface area (TPSA) is 229 Å². The Labute approximate surface area is 347 Å². The first-order valence-electron chi connectivity index (χ1n) is 19.1.